The molecule has 4 saturated carbocycles. The van der Waals surface area contributed by atoms with Gasteiger partial charge in [-0.2, -0.15) is 0 Å². The second-order valence-electron chi connectivity index (χ2n) is 13.0. The molecule has 0 spiro atoms. The first-order chi connectivity index (χ1) is 18.0. The number of imide groups is 1. The van der Waals surface area contributed by atoms with Crippen molar-refractivity contribution in [2.45, 2.75) is 121 Å². The smallest absolute Gasteiger partial charge is 0.243 e. The first-order valence-electron chi connectivity index (χ1n) is 15.1. The maximum Gasteiger partial charge on any atom is 0.243 e. The Hall–Kier alpha value is -1.79. The predicted molar refractivity (Wildman–Crippen MR) is 142 cm³/mol. The second-order valence-corrected chi connectivity index (χ2v) is 13.0. The van der Waals surface area contributed by atoms with E-state index in [1.165, 1.54) is 70.8 Å². The van der Waals surface area contributed by atoms with Gasteiger partial charge in [0.2, 0.25) is 11.8 Å². The Balaban J connectivity index is 0.896. The van der Waals surface area contributed by atoms with Crippen molar-refractivity contribution in [3.63, 3.8) is 0 Å². The van der Waals surface area contributed by atoms with E-state index in [4.69, 9.17) is 0 Å². The Labute approximate surface area is 221 Å². The molecule has 1 aromatic carbocycles. The highest BCUT2D eigenvalue weighted by Crippen LogP contribution is 2.55. The summed E-state index contributed by atoms with van der Waals surface area (Å²) in [6.45, 7) is 2.44. The number of benzene rings is 1. The minimum absolute atomic E-state index is 0.111. The molecule has 37 heavy (non-hydrogen) atoms. The van der Waals surface area contributed by atoms with Crippen LogP contribution in [0.25, 0.3) is 0 Å². The summed E-state index contributed by atoms with van der Waals surface area (Å²) in [7, 11) is 0. The number of hydrogen-bond donors (Lipinski definition) is 2. The van der Waals surface area contributed by atoms with Crippen molar-refractivity contribution in [2.75, 3.05) is 6.54 Å². The Morgan fingerprint density at radius 1 is 0.919 bits per heavy atom. The molecule has 0 radical (unpaired) electrons. The molecule has 7 rings (SSSR count). The third-order valence-electron chi connectivity index (χ3n) is 10.2. The van der Waals surface area contributed by atoms with Gasteiger partial charge in [0, 0.05) is 25.0 Å². The fraction of sp³-hybridized carbons (Fsp3) is 0.742. The summed E-state index contributed by atoms with van der Waals surface area (Å²) < 4.78 is 14.8. The molecule has 1 saturated heterocycles. The maximum atomic E-state index is 14.8. The number of piperidine rings is 1. The molecule has 4 aliphatic carbocycles. The number of hydrogen-bond acceptors (Lipinski definition) is 4. The third-order valence-corrected chi connectivity index (χ3v) is 10.2. The molecule has 2 N–H and O–H groups in total. The molecular weight excluding hydrogens is 465 g/mol. The molecule has 6 heteroatoms. The number of fused-ring (bicyclic) bond motifs is 1. The van der Waals surface area contributed by atoms with Gasteiger partial charge in [0.1, 0.15) is 5.82 Å². The van der Waals surface area contributed by atoms with Gasteiger partial charge in [-0.3, -0.25) is 19.8 Å². The number of carbonyl (C=O) groups excluding carboxylic acids is 2. The van der Waals surface area contributed by atoms with Crippen LogP contribution in [0.2, 0.25) is 0 Å². The van der Waals surface area contributed by atoms with E-state index in [2.05, 4.69) is 15.5 Å². The highest BCUT2D eigenvalue weighted by molar-refractivity contribution is 6.00. The number of amides is 2. The summed E-state index contributed by atoms with van der Waals surface area (Å²) in [5.74, 6) is 2.52. The average molecular weight is 510 g/mol. The maximum absolute atomic E-state index is 14.8. The summed E-state index contributed by atoms with van der Waals surface area (Å²) in [4.78, 5) is 25.9. The van der Waals surface area contributed by atoms with Crippen LogP contribution in [0.15, 0.2) is 12.1 Å². The van der Waals surface area contributed by atoms with Crippen LogP contribution >= 0.6 is 0 Å². The van der Waals surface area contributed by atoms with Crippen LogP contribution in [-0.2, 0) is 29.1 Å². The van der Waals surface area contributed by atoms with Crippen molar-refractivity contribution < 1.29 is 14.0 Å². The minimum Gasteiger partial charge on any atom is -0.311 e. The van der Waals surface area contributed by atoms with Gasteiger partial charge in [-0.1, -0.05) is 31.7 Å². The molecule has 5 fully saturated rings. The Morgan fingerprint density at radius 2 is 1.59 bits per heavy atom. The highest BCUT2D eigenvalue weighted by atomic mass is 19.1. The fourth-order valence-electron chi connectivity index (χ4n) is 8.87. The van der Waals surface area contributed by atoms with Crippen molar-refractivity contribution in [3.05, 3.63) is 34.6 Å². The van der Waals surface area contributed by atoms with Gasteiger partial charge in [-0.05, 0) is 111 Å². The van der Waals surface area contributed by atoms with Crippen LogP contribution in [0, 0.1) is 23.6 Å². The zero-order chi connectivity index (χ0) is 25.4. The van der Waals surface area contributed by atoms with Crippen LogP contribution < -0.4 is 10.6 Å². The van der Waals surface area contributed by atoms with E-state index in [9.17, 15) is 14.0 Å². The second kappa shape index (κ2) is 10.8. The number of unbranched alkanes of at least 4 members (excludes halogenated alkanes) is 5. The first-order valence-corrected chi connectivity index (χ1v) is 15.1. The van der Waals surface area contributed by atoms with E-state index in [-0.39, 0.29) is 23.7 Å². The monoisotopic (exact) mass is 509 g/mol. The van der Waals surface area contributed by atoms with Crippen LogP contribution in [0.5, 0.6) is 0 Å². The first kappa shape index (κ1) is 25.5. The normalized spacial score (nSPS) is 32.7. The number of carbonyl (C=O) groups is 2. The lowest BCUT2D eigenvalue weighted by atomic mass is 9.53. The Morgan fingerprint density at radius 3 is 2.30 bits per heavy atom. The largest absolute Gasteiger partial charge is 0.311 e. The van der Waals surface area contributed by atoms with E-state index >= 15 is 0 Å². The molecule has 202 valence electrons. The van der Waals surface area contributed by atoms with Crippen LogP contribution in [0.3, 0.4) is 0 Å². The van der Waals surface area contributed by atoms with Gasteiger partial charge in [-0.15, -0.1) is 0 Å². The molecule has 0 aromatic heterocycles. The van der Waals surface area contributed by atoms with Crippen LogP contribution in [0.1, 0.15) is 107 Å². The molecule has 1 aromatic rings. The zero-order valence-corrected chi connectivity index (χ0v) is 22.3. The van der Waals surface area contributed by atoms with Crippen molar-refractivity contribution in [3.8, 4) is 0 Å². The summed E-state index contributed by atoms with van der Waals surface area (Å²) in [5, 5.41) is 6.48. The molecular formula is C31H44FN3O2. The van der Waals surface area contributed by atoms with E-state index in [0.29, 0.717) is 31.5 Å². The molecule has 5 nitrogen and oxygen atoms in total. The SMILES string of the molecule is O=C1CCC(N2Cc3ccc(F)c(CCCCCCCCNC45CC6CC(CC(C6)C4)C5)c3C2)C(=O)N1. The summed E-state index contributed by atoms with van der Waals surface area (Å²) in [6, 6.07) is 3.18. The predicted octanol–water partition coefficient (Wildman–Crippen LogP) is 5.39. The van der Waals surface area contributed by atoms with Crippen LogP contribution in [-0.4, -0.2) is 34.8 Å². The summed E-state index contributed by atoms with van der Waals surface area (Å²) in [5.41, 5.74) is 3.53. The molecule has 4 bridgehead atoms. The molecule has 2 aliphatic heterocycles. The molecule has 6 aliphatic rings. The van der Waals surface area contributed by atoms with Gasteiger partial charge in [0.05, 0.1) is 6.04 Å². The average Bonchev–Trinajstić information content (AvgIpc) is 3.27. The molecule has 1 atom stereocenters. The number of halogens is 1. The summed E-state index contributed by atoms with van der Waals surface area (Å²) >= 11 is 0. The number of nitrogens with one attached hydrogen (secondary N) is 2. The topological polar surface area (TPSA) is 61.4 Å². The quantitative estimate of drug-likeness (QED) is 0.310. The van der Waals surface area contributed by atoms with Gasteiger partial charge < -0.3 is 5.32 Å². The highest BCUT2D eigenvalue weighted by Gasteiger charge is 2.50. The lowest BCUT2D eigenvalue weighted by molar-refractivity contribution is -0.137. The van der Waals surface area contributed by atoms with E-state index in [1.54, 1.807) is 6.07 Å². The van der Waals surface area contributed by atoms with Gasteiger partial charge in [0.15, 0.2) is 0 Å². The fourth-order valence-corrected chi connectivity index (χ4v) is 8.87. The van der Waals surface area contributed by atoms with Crippen molar-refractivity contribution >= 4 is 11.8 Å². The van der Waals surface area contributed by atoms with Crippen molar-refractivity contribution in [2.24, 2.45) is 17.8 Å². The van der Waals surface area contributed by atoms with E-state index in [1.807, 2.05) is 6.07 Å². The third kappa shape index (κ3) is 5.52. The number of nitrogens with zero attached hydrogens (tertiary/aromatic N) is 1. The van der Waals surface area contributed by atoms with Crippen molar-refractivity contribution in [1.82, 2.24) is 15.5 Å². The molecule has 2 heterocycles. The van der Waals surface area contributed by atoms with Crippen molar-refractivity contribution in [1.29, 1.82) is 0 Å². The Kier molecular flexibility index (Phi) is 7.41. The van der Waals surface area contributed by atoms with Gasteiger partial charge >= 0.3 is 0 Å². The molecule has 1 unspecified atom stereocenters. The summed E-state index contributed by atoms with van der Waals surface area (Å²) in [6.07, 6.45) is 17.7. The van der Waals surface area contributed by atoms with Crippen LogP contribution in [0.4, 0.5) is 4.39 Å². The lowest BCUT2D eigenvalue weighted by Crippen LogP contribution is -2.58. The van der Waals surface area contributed by atoms with E-state index in [0.717, 1.165) is 53.7 Å². The van der Waals surface area contributed by atoms with Gasteiger partial charge in [-0.25, -0.2) is 4.39 Å². The Bertz CT molecular complexity index is 989. The zero-order valence-electron chi connectivity index (χ0n) is 22.3. The minimum atomic E-state index is -0.293. The lowest BCUT2D eigenvalue weighted by Gasteiger charge is -2.57. The number of rotatable bonds is 11. The van der Waals surface area contributed by atoms with E-state index < -0.39 is 0 Å². The van der Waals surface area contributed by atoms with Gasteiger partial charge in [0.25, 0.3) is 0 Å². The molecule has 2 amide bonds. The standard InChI is InChI=1S/C31H44FN3O2/c32-27-9-8-24-19-35(28-10-11-29(36)34-30(28)37)20-26(24)25(27)7-5-3-1-2-4-6-12-33-31-16-21-13-22(17-31)15-23(14-21)18-31/h8-9,21-23,28,33H,1-7,10-20H2,(H,34,36,37).